The molecule has 0 bridgehead atoms. The van der Waals surface area contributed by atoms with E-state index in [4.69, 9.17) is 26.8 Å². The number of carbonyl (C=O) groups is 2. The third-order valence-corrected chi connectivity index (χ3v) is 7.55. The molecule has 4 N–H and O–H groups in total. The van der Waals surface area contributed by atoms with E-state index in [9.17, 15) is 9.59 Å². The van der Waals surface area contributed by atoms with Crippen LogP contribution in [0.25, 0.3) is 0 Å². The Morgan fingerprint density at radius 1 is 1.13 bits per heavy atom. The summed E-state index contributed by atoms with van der Waals surface area (Å²) in [4.78, 5) is 29.7. The number of benzene rings is 2. The van der Waals surface area contributed by atoms with Gasteiger partial charge in [0.15, 0.2) is 0 Å². The first-order chi connectivity index (χ1) is 18.4. The molecule has 2 fully saturated rings. The van der Waals surface area contributed by atoms with Crippen molar-refractivity contribution >= 4 is 29.2 Å². The van der Waals surface area contributed by atoms with E-state index in [1.807, 2.05) is 23.1 Å². The predicted octanol–water partition coefficient (Wildman–Crippen LogP) is 3.03. The average molecular weight is 544 g/mol. The van der Waals surface area contributed by atoms with Crippen LogP contribution in [0.1, 0.15) is 28.8 Å². The third-order valence-electron chi connectivity index (χ3n) is 7.23. The average Bonchev–Trinajstić information content (AvgIpc) is 2.94. The Bertz CT molecular complexity index is 1080. The number of hydrogen-bond donors (Lipinski definition) is 3. The molecule has 0 spiro atoms. The molecule has 2 aliphatic rings. The summed E-state index contributed by atoms with van der Waals surface area (Å²) >= 11 is 6.10. The Hall–Kier alpha value is -3.01. The van der Waals surface area contributed by atoms with Gasteiger partial charge in [0, 0.05) is 51.9 Å². The number of urea groups is 1. The summed E-state index contributed by atoms with van der Waals surface area (Å²) in [6.07, 6.45) is 2.71. The highest BCUT2D eigenvalue weighted by Gasteiger charge is 2.27. The van der Waals surface area contributed by atoms with Crippen molar-refractivity contribution in [1.29, 1.82) is 0 Å². The highest BCUT2D eigenvalue weighted by atomic mass is 35.5. The Labute approximate surface area is 229 Å². The molecule has 206 valence electrons. The zero-order valence-corrected chi connectivity index (χ0v) is 22.7. The summed E-state index contributed by atoms with van der Waals surface area (Å²) in [5.41, 5.74) is 7.75. The van der Waals surface area contributed by atoms with E-state index in [0.717, 1.165) is 52.0 Å². The number of nitrogens with two attached hydrogens (primary N) is 1. The summed E-state index contributed by atoms with van der Waals surface area (Å²) in [5.74, 6) is 0.642. The van der Waals surface area contributed by atoms with Crippen molar-refractivity contribution in [2.75, 3.05) is 65.3 Å². The van der Waals surface area contributed by atoms with Crippen molar-refractivity contribution < 1.29 is 19.1 Å². The fourth-order valence-corrected chi connectivity index (χ4v) is 5.20. The summed E-state index contributed by atoms with van der Waals surface area (Å²) in [6, 6.07) is 13.3. The lowest BCUT2D eigenvalue weighted by Gasteiger charge is -2.38. The molecule has 10 heteroatoms. The minimum atomic E-state index is -0.279. The number of hydrogen-bond acceptors (Lipinski definition) is 6. The number of methoxy groups -OCH3 is 1. The molecule has 0 saturated carbocycles. The minimum Gasteiger partial charge on any atom is -0.496 e. The Morgan fingerprint density at radius 3 is 2.63 bits per heavy atom. The zero-order valence-electron chi connectivity index (χ0n) is 22.0. The SMILES string of the molecule is COc1cc(N)c(Cl)cc1C(=O)NCC1CN(CC2CCN(C(=O)NCCc3ccccc3)CC2)CCO1. The number of carbonyl (C=O) groups excluding carboxylic acids is 2. The Balaban J connectivity index is 1.16. The van der Waals surface area contributed by atoms with Gasteiger partial charge in [-0.3, -0.25) is 9.69 Å². The maximum absolute atomic E-state index is 12.8. The molecule has 9 nitrogen and oxygen atoms in total. The fourth-order valence-electron chi connectivity index (χ4n) is 5.04. The molecule has 2 aromatic rings. The highest BCUT2D eigenvalue weighted by molar-refractivity contribution is 6.33. The lowest BCUT2D eigenvalue weighted by molar-refractivity contribution is -0.0330. The topological polar surface area (TPSA) is 109 Å². The highest BCUT2D eigenvalue weighted by Crippen LogP contribution is 2.28. The Kier molecular flexibility index (Phi) is 10.1. The van der Waals surface area contributed by atoms with Crippen LogP contribution in [-0.4, -0.2) is 87.4 Å². The number of halogens is 1. The van der Waals surface area contributed by atoms with E-state index in [-0.39, 0.29) is 18.0 Å². The quantitative estimate of drug-likeness (QED) is 0.419. The summed E-state index contributed by atoms with van der Waals surface area (Å²) in [7, 11) is 1.49. The molecule has 1 atom stereocenters. The van der Waals surface area contributed by atoms with Gasteiger partial charge in [-0.15, -0.1) is 0 Å². The van der Waals surface area contributed by atoms with Crippen molar-refractivity contribution in [2.45, 2.75) is 25.4 Å². The Morgan fingerprint density at radius 2 is 1.89 bits per heavy atom. The second-order valence-corrected chi connectivity index (χ2v) is 10.3. The van der Waals surface area contributed by atoms with E-state index < -0.39 is 0 Å². The number of rotatable bonds is 9. The van der Waals surface area contributed by atoms with E-state index in [1.165, 1.54) is 18.7 Å². The third kappa shape index (κ3) is 7.75. The second kappa shape index (κ2) is 13.7. The predicted molar refractivity (Wildman–Crippen MR) is 149 cm³/mol. The molecule has 1 unspecified atom stereocenters. The molecular weight excluding hydrogens is 506 g/mol. The van der Waals surface area contributed by atoms with E-state index in [1.54, 1.807) is 6.07 Å². The van der Waals surface area contributed by atoms with Crippen LogP contribution in [0.2, 0.25) is 5.02 Å². The van der Waals surface area contributed by atoms with Crippen LogP contribution in [0.3, 0.4) is 0 Å². The smallest absolute Gasteiger partial charge is 0.317 e. The molecule has 2 aliphatic heterocycles. The number of ether oxygens (including phenoxy) is 2. The van der Waals surface area contributed by atoms with Crippen molar-refractivity contribution in [3.8, 4) is 5.75 Å². The van der Waals surface area contributed by atoms with Crippen molar-refractivity contribution in [3.05, 3.63) is 58.6 Å². The van der Waals surface area contributed by atoms with E-state index in [2.05, 4.69) is 27.7 Å². The van der Waals surface area contributed by atoms with Gasteiger partial charge < -0.3 is 30.7 Å². The van der Waals surface area contributed by atoms with Crippen LogP contribution >= 0.6 is 11.6 Å². The molecule has 2 saturated heterocycles. The van der Waals surface area contributed by atoms with Gasteiger partial charge in [0.1, 0.15) is 5.75 Å². The van der Waals surface area contributed by atoms with Gasteiger partial charge in [0.05, 0.1) is 36.1 Å². The van der Waals surface area contributed by atoms with Gasteiger partial charge in [-0.05, 0) is 36.8 Å². The molecule has 0 radical (unpaired) electrons. The van der Waals surface area contributed by atoms with Crippen LogP contribution in [0.15, 0.2) is 42.5 Å². The number of nitrogen functional groups attached to an aromatic ring is 1. The first-order valence-corrected chi connectivity index (χ1v) is 13.6. The number of likely N-dealkylation sites (tertiary alicyclic amines) is 1. The summed E-state index contributed by atoms with van der Waals surface area (Å²) < 4.78 is 11.2. The van der Waals surface area contributed by atoms with Gasteiger partial charge in [-0.25, -0.2) is 4.79 Å². The van der Waals surface area contributed by atoms with Crippen LogP contribution in [-0.2, 0) is 11.2 Å². The molecule has 3 amide bonds. The zero-order chi connectivity index (χ0) is 26.9. The number of amides is 3. The molecule has 2 aromatic carbocycles. The lowest BCUT2D eigenvalue weighted by Crippen LogP contribution is -2.50. The van der Waals surface area contributed by atoms with Crippen LogP contribution in [0.5, 0.6) is 5.75 Å². The molecule has 0 aromatic heterocycles. The van der Waals surface area contributed by atoms with Crippen LogP contribution in [0, 0.1) is 5.92 Å². The molecule has 38 heavy (non-hydrogen) atoms. The van der Waals surface area contributed by atoms with Gasteiger partial charge in [-0.1, -0.05) is 41.9 Å². The van der Waals surface area contributed by atoms with Crippen LogP contribution < -0.4 is 21.1 Å². The largest absolute Gasteiger partial charge is 0.496 e. The maximum Gasteiger partial charge on any atom is 0.317 e. The van der Waals surface area contributed by atoms with Gasteiger partial charge in [0.25, 0.3) is 5.91 Å². The molecule has 2 heterocycles. The minimum absolute atomic E-state index is 0.0283. The van der Waals surface area contributed by atoms with Gasteiger partial charge in [0.2, 0.25) is 0 Å². The van der Waals surface area contributed by atoms with Crippen molar-refractivity contribution in [3.63, 3.8) is 0 Å². The molecule has 4 rings (SSSR count). The normalized spacial score (nSPS) is 18.7. The second-order valence-electron chi connectivity index (χ2n) is 9.93. The maximum atomic E-state index is 12.8. The monoisotopic (exact) mass is 543 g/mol. The van der Waals surface area contributed by atoms with Gasteiger partial charge >= 0.3 is 6.03 Å². The van der Waals surface area contributed by atoms with Crippen molar-refractivity contribution in [2.24, 2.45) is 5.92 Å². The number of nitrogens with one attached hydrogen (secondary N) is 2. The fraction of sp³-hybridized carbons (Fsp3) is 0.500. The molecular formula is C28H38ClN5O4. The molecule has 0 aliphatic carbocycles. The standard InChI is InChI=1S/C28H38ClN5O4/c1-37-26-16-25(30)24(29)15-23(26)27(35)32-17-22-19-33(13-14-38-22)18-21-8-11-34(12-9-21)28(36)31-10-7-20-5-3-2-4-6-20/h2-6,15-16,21-22H,7-14,17-19,30H2,1H3,(H,31,36)(H,32,35). The van der Waals surface area contributed by atoms with E-state index in [0.29, 0.717) is 47.6 Å². The number of piperidine rings is 1. The summed E-state index contributed by atoms with van der Waals surface area (Å²) in [5, 5.41) is 6.31. The number of nitrogens with zero attached hydrogens (tertiary/aromatic N) is 2. The number of anilines is 1. The van der Waals surface area contributed by atoms with Crippen molar-refractivity contribution in [1.82, 2.24) is 20.4 Å². The van der Waals surface area contributed by atoms with Gasteiger partial charge in [-0.2, -0.15) is 0 Å². The lowest BCUT2D eigenvalue weighted by atomic mass is 9.96. The summed E-state index contributed by atoms with van der Waals surface area (Å²) in [6.45, 7) is 5.80. The number of morpholine rings is 1. The first kappa shape index (κ1) is 28.0. The first-order valence-electron chi connectivity index (χ1n) is 13.2. The van der Waals surface area contributed by atoms with Crippen LogP contribution in [0.4, 0.5) is 10.5 Å². The van der Waals surface area contributed by atoms with E-state index >= 15 is 0 Å².